The lowest BCUT2D eigenvalue weighted by atomic mass is 10.1. The fourth-order valence-electron chi connectivity index (χ4n) is 2.43. The summed E-state index contributed by atoms with van der Waals surface area (Å²) in [5.74, 6) is 0.0213. The Labute approximate surface area is 114 Å². The fourth-order valence-corrected chi connectivity index (χ4v) is 2.43. The fraction of sp³-hybridized carbons (Fsp3) is 0.643. The van der Waals surface area contributed by atoms with Crippen molar-refractivity contribution in [1.82, 2.24) is 15.2 Å². The molecule has 1 unspecified atom stereocenters. The van der Waals surface area contributed by atoms with Crippen LogP contribution in [0.2, 0.25) is 0 Å². The van der Waals surface area contributed by atoms with Crippen molar-refractivity contribution in [2.45, 2.75) is 31.8 Å². The van der Waals surface area contributed by atoms with Crippen molar-refractivity contribution in [3.8, 4) is 0 Å². The third kappa shape index (κ3) is 4.08. The summed E-state index contributed by atoms with van der Waals surface area (Å²) in [6, 6.07) is 4.05. The minimum atomic E-state index is 0.0213. The van der Waals surface area contributed by atoms with E-state index < -0.39 is 0 Å². The molecule has 1 saturated heterocycles. The van der Waals surface area contributed by atoms with E-state index in [1.807, 2.05) is 22.9 Å². The summed E-state index contributed by atoms with van der Waals surface area (Å²) in [7, 11) is 1.67. The monoisotopic (exact) mass is 265 g/mol. The van der Waals surface area contributed by atoms with Crippen LogP contribution in [0.5, 0.6) is 0 Å². The minimum Gasteiger partial charge on any atom is -0.383 e. The van der Waals surface area contributed by atoms with Gasteiger partial charge in [-0.1, -0.05) is 0 Å². The van der Waals surface area contributed by atoms with Gasteiger partial charge >= 0.3 is 0 Å². The average Bonchev–Trinajstić information content (AvgIpc) is 2.74. The van der Waals surface area contributed by atoms with E-state index in [4.69, 9.17) is 4.74 Å². The summed E-state index contributed by atoms with van der Waals surface area (Å²) in [5, 5.41) is 6.49. The van der Waals surface area contributed by atoms with E-state index >= 15 is 0 Å². The second kappa shape index (κ2) is 7.31. The Bertz CT molecular complexity index is 395. The Balaban J connectivity index is 1.93. The summed E-state index contributed by atoms with van der Waals surface area (Å²) in [6.45, 7) is 3.35. The van der Waals surface area contributed by atoms with Gasteiger partial charge in [-0.25, -0.2) is 0 Å². The standard InChI is InChI=1S/C14H23N3O2/c1-19-11-10-17-9-3-5-13(17)14(18)16-12-4-2-7-15-8-6-12/h3,5,9,12,15H,2,4,6-8,10-11H2,1H3,(H,16,18). The SMILES string of the molecule is COCCn1cccc1C(=O)NC1CCCNCC1. The van der Waals surface area contributed by atoms with Crippen molar-refractivity contribution in [1.29, 1.82) is 0 Å². The van der Waals surface area contributed by atoms with Crippen LogP contribution in [-0.4, -0.2) is 43.3 Å². The van der Waals surface area contributed by atoms with E-state index in [2.05, 4.69) is 10.6 Å². The van der Waals surface area contributed by atoms with Crippen LogP contribution in [0.3, 0.4) is 0 Å². The summed E-state index contributed by atoms with van der Waals surface area (Å²) in [5.41, 5.74) is 0.717. The quantitative estimate of drug-likeness (QED) is 0.835. The van der Waals surface area contributed by atoms with Gasteiger partial charge in [-0.05, 0) is 44.5 Å². The second-order valence-corrected chi connectivity index (χ2v) is 4.93. The van der Waals surface area contributed by atoms with Gasteiger partial charge in [-0.3, -0.25) is 4.79 Å². The predicted octanol–water partition coefficient (Wildman–Crippen LogP) is 1.01. The number of carbonyl (C=O) groups excluding carboxylic acids is 1. The van der Waals surface area contributed by atoms with Crippen LogP contribution in [-0.2, 0) is 11.3 Å². The molecule has 0 radical (unpaired) electrons. The van der Waals surface area contributed by atoms with E-state index in [0.717, 1.165) is 32.4 Å². The molecule has 2 N–H and O–H groups in total. The average molecular weight is 265 g/mol. The molecule has 5 heteroatoms. The van der Waals surface area contributed by atoms with Crippen molar-refractivity contribution in [3.05, 3.63) is 24.0 Å². The molecule has 106 valence electrons. The molecule has 1 aliphatic rings. The van der Waals surface area contributed by atoms with Gasteiger partial charge in [-0.2, -0.15) is 0 Å². The number of amides is 1. The topological polar surface area (TPSA) is 55.3 Å². The number of methoxy groups -OCH3 is 1. The number of aromatic nitrogens is 1. The lowest BCUT2D eigenvalue weighted by Gasteiger charge is -2.17. The van der Waals surface area contributed by atoms with E-state index in [-0.39, 0.29) is 11.9 Å². The van der Waals surface area contributed by atoms with Gasteiger partial charge in [0.2, 0.25) is 0 Å². The minimum absolute atomic E-state index is 0.0213. The Morgan fingerprint density at radius 3 is 3.26 bits per heavy atom. The number of nitrogens with zero attached hydrogens (tertiary/aromatic N) is 1. The Hall–Kier alpha value is -1.33. The van der Waals surface area contributed by atoms with Crippen LogP contribution in [0.25, 0.3) is 0 Å². The molecule has 0 aliphatic carbocycles. The maximum Gasteiger partial charge on any atom is 0.268 e. The molecule has 0 saturated carbocycles. The summed E-state index contributed by atoms with van der Waals surface area (Å²) in [4.78, 5) is 12.3. The van der Waals surface area contributed by atoms with E-state index in [1.165, 1.54) is 0 Å². The number of rotatable bonds is 5. The van der Waals surface area contributed by atoms with Gasteiger partial charge in [0.05, 0.1) is 6.61 Å². The van der Waals surface area contributed by atoms with Crippen LogP contribution >= 0.6 is 0 Å². The van der Waals surface area contributed by atoms with Crippen molar-refractivity contribution in [3.63, 3.8) is 0 Å². The molecule has 2 rings (SSSR count). The Morgan fingerprint density at radius 2 is 2.42 bits per heavy atom. The van der Waals surface area contributed by atoms with Crippen LogP contribution < -0.4 is 10.6 Å². The highest BCUT2D eigenvalue weighted by Gasteiger charge is 2.17. The predicted molar refractivity (Wildman–Crippen MR) is 74.3 cm³/mol. The number of nitrogens with one attached hydrogen (secondary N) is 2. The maximum absolute atomic E-state index is 12.3. The first-order valence-electron chi connectivity index (χ1n) is 6.97. The zero-order valence-corrected chi connectivity index (χ0v) is 11.5. The van der Waals surface area contributed by atoms with Crippen LogP contribution in [0.15, 0.2) is 18.3 Å². The first kappa shape index (κ1) is 14.1. The number of carbonyl (C=O) groups is 1. The highest BCUT2D eigenvalue weighted by molar-refractivity contribution is 5.92. The normalized spacial score (nSPS) is 19.9. The van der Waals surface area contributed by atoms with Crippen LogP contribution in [0.4, 0.5) is 0 Å². The zero-order chi connectivity index (χ0) is 13.5. The summed E-state index contributed by atoms with van der Waals surface area (Å²) in [6.07, 6.45) is 5.10. The Kier molecular flexibility index (Phi) is 5.42. The second-order valence-electron chi connectivity index (χ2n) is 4.93. The van der Waals surface area contributed by atoms with E-state index in [9.17, 15) is 4.79 Å². The van der Waals surface area contributed by atoms with E-state index in [0.29, 0.717) is 18.8 Å². The van der Waals surface area contributed by atoms with Gasteiger partial charge in [0.1, 0.15) is 5.69 Å². The third-order valence-corrected chi connectivity index (χ3v) is 3.51. The highest BCUT2D eigenvalue weighted by Crippen LogP contribution is 2.08. The molecule has 1 aliphatic heterocycles. The molecule has 1 aromatic rings. The molecule has 1 aromatic heterocycles. The van der Waals surface area contributed by atoms with Crippen molar-refractivity contribution in [2.24, 2.45) is 0 Å². The summed E-state index contributed by atoms with van der Waals surface area (Å²) >= 11 is 0. The lowest BCUT2D eigenvalue weighted by molar-refractivity contribution is 0.0922. The largest absolute Gasteiger partial charge is 0.383 e. The lowest BCUT2D eigenvalue weighted by Crippen LogP contribution is -2.36. The molecule has 0 bridgehead atoms. The van der Waals surface area contributed by atoms with Gasteiger partial charge in [0.15, 0.2) is 0 Å². The first-order chi connectivity index (χ1) is 9.31. The molecule has 0 aromatic carbocycles. The third-order valence-electron chi connectivity index (χ3n) is 3.51. The number of hydrogen-bond donors (Lipinski definition) is 2. The highest BCUT2D eigenvalue weighted by atomic mass is 16.5. The van der Waals surface area contributed by atoms with Crippen LogP contribution in [0.1, 0.15) is 29.8 Å². The molecule has 2 heterocycles. The smallest absolute Gasteiger partial charge is 0.268 e. The molecule has 5 nitrogen and oxygen atoms in total. The molecule has 19 heavy (non-hydrogen) atoms. The summed E-state index contributed by atoms with van der Waals surface area (Å²) < 4.78 is 6.99. The maximum atomic E-state index is 12.3. The molecular formula is C14H23N3O2. The van der Waals surface area contributed by atoms with Gasteiger partial charge < -0.3 is 19.9 Å². The number of ether oxygens (including phenoxy) is 1. The van der Waals surface area contributed by atoms with E-state index in [1.54, 1.807) is 7.11 Å². The zero-order valence-electron chi connectivity index (χ0n) is 11.5. The molecule has 1 fully saturated rings. The van der Waals surface area contributed by atoms with Gasteiger partial charge in [-0.15, -0.1) is 0 Å². The number of hydrogen-bond acceptors (Lipinski definition) is 3. The molecule has 0 spiro atoms. The Morgan fingerprint density at radius 1 is 1.53 bits per heavy atom. The van der Waals surface area contributed by atoms with Crippen LogP contribution in [0, 0.1) is 0 Å². The first-order valence-corrected chi connectivity index (χ1v) is 6.97. The molecule has 1 amide bonds. The van der Waals surface area contributed by atoms with Crippen molar-refractivity contribution in [2.75, 3.05) is 26.8 Å². The van der Waals surface area contributed by atoms with Gasteiger partial charge in [0.25, 0.3) is 5.91 Å². The van der Waals surface area contributed by atoms with Crippen molar-refractivity contribution < 1.29 is 9.53 Å². The van der Waals surface area contributed by atoms with Crippen molar-refractivity contribution >= 4 is 5.91 Å². The molecule has 1 atom stereocenters. The molecular weight excluding hydrogens is 242 g/mol. The van der Waals surface area contributed by atoms with Gasteiger partial charge in [0, 0.05) is 25.9 Å².